The van der Waals surface area contributed by atoms with E-state index in [0.29, 0.717) is 0 Å². The summed E-state index contributed by atoms with van der Waals surface area (Å²) in [5.74, 6) is -0.703. The fourth-order valence-corrected chi connectivity index (χ4v) is 0.729. The summed E-state index contributed by atoms with van der Waals surface area (Å²) in [6.45, 7) is 3.26. The van der Waals surface area contributed by atoms with E-state index in [4.69, 9.17) is 0 Å². The maximum absolute atomic E-state index is 11.8. The molecule has 1 fully saturated rings. The van der Waals surface area contributed by atoms with Crippen LogP contribution in [0.1, 0.15) is 6.42 Å². The number of esters is 1. The van der Waals surface area contributed by atoms with E-state index in [2.05, 4.69) is 11.3 Å². The van der Waals surface area contributed by atoms with Crippen LogP contribution in [0.15, 0.2) is 12.2 Å². The van der Waals surface area contributed by atoms with Gasteiger partial charge in [-0.1, -0.05) is 6.58 Å². The minimum Gasteiger partial charge on any atom is -0.453 e. The van der Waals surface area contributed by atoms with Gasteiger partial charge in [0.2, 0.25) is 0 Å². The zero-order chi connectivity index (χ0) is 7.72. The minimum absolute atomic E-state index is 0.0451. The van der Waals surface area contributed by atoms with Crippen molar-refractivity contribution in [2.45, 2.75) is 19.0 Å². The summed E-state index contributed by atoms with van der Waals surface area (Å²) in [5.41, 5.74) is 0.130. The zero-order valence-corrected chi connectivity index (χ0v) is 5.14. The van der Waals surface area contributed by atoms with E-state index in [1.807, 2.05) is 0 Å². The second kappa shape index (κ2) is 2.36. The monoisotopic (exact) mass is 148 g/mol. The lowest BCUT2D eigenvalue weighted by atomic mass is 10.2. The van der Waals surface area contributed by atoms with Crippen LogP contribution in [0.2, 0.25) is 0 Å². The molecule has 56 valence electrons. The summed E-state index contributed by atoms with van der Waals surface area (Å²) in [4.78, 5) is 10.4. The van der Waals surface area contributed by atoms with Gasteiger partial charge in [-0.2, -0.15) is 0 Å². The molecule has 0 amide bonds. The third kappa shape index (κ3) is 1.15. The highest BCUT2D eigenvalue weighted by molar-refractivity contribution is 5.89. The molecule has 10 heavy (non-hydrogen) atoms. The SMILES string of the molecule is C=C1C[C@H](C(F)F)OC1=O. The molecular weight excluding hydrogens is 142 g/mol. The molecule has 1 saturated heterocycles. The van der Waals surface area contributed by atoms with Crippen molar-refractivity contribution in [1.29, 1.82) is 0 Å². The topological polar surface area (TPSA) is 26.3 Å². The molecule has 1 rings (SSSR count). The average molecular weight is 148 g/mol. The number of halogens is 2. The normalized spacial score (nSPS) is 25.7. The quantitative estimate of drug-likeness (QED) is 0.411. The number of ether oxygens (including phenoxy) is 1. The summed E-state index contributed by atoms with van der Waals surface area (Å²) < 4.78 is 27.8. The van der Waals surface area contributed by atoms with Crippen molar-refractivity contribution >= 4 is 5.97 Å². The van der Waals surface area contributed by atoms with E-state index in [9.17, 15) is 13.6 Å². The Balaban J connectivity index is 2.57. The Labute approximate surface area is 56.5 Å². The van der Waals surface area contributed by atoms with Crippen LogP contribution < -0.4 is 0 Å². The fourth-order valence-electron chi connectivity index (χ4n) is 0.729. The Morgan fingerprint density at radius 2 is 2.30 bits per heavy atom. The molecule has 0 aromatic heterocycles. The number of hydrogen-bond acceptors (Lipinski definition) is 2. The van der Waals surface area contributed by atoms with Gasteiger partial charge in [-0.15, -0.1) is 0 Å². The van der Waals surface area contributed by atoms with Crippen LogP contribution >= 0.6 is 0 Å². The molecule has 0 unspecified atom stereocenters. The van der Waals surface area contributed by atoms with E-state index in [0.717, 1.165) is 0 Å². The molecule has 0 radical (unpaired) electrons. The first-order valence-corrected chi connectivity index (χ1v) is 2.78. The molecule has 1 heterocycles. The van der Waals surface area contributed by atoms with Crippen LogP contribution in [0.5, 0.6) is 0 Å². The third-order valence-electron chi connectivity index (χ3n) is 1.28. The van der Waals surface area contributed by atoms with Gasteiger partial charge >= 0.3 is 5.97 Å². The van der Waals surface area contributed by atoms with Gasteiger partial charge in [0.25, 0.3) is 6.43 Å². The van der Waals surface area contributed by atoms with Gasteiger partial charge in [0.05, 0.1) is 0 Å². The van der Waals surface area contributed by atoms with Crippen molar-refractivity contribution in [2.75, 3.05) is 0 Å². The standard InChI is InChI=1S/C6H6F2O2/c1-3-2-4(5(7)8)10-6(3)9/h4-5H,1-2H2/t4-/m1/s1. The Morgan fingerprint density at radius 1 is 1.70 bits per heavy atom. The van der Waals surface area contributed by atoms with E-state index >= 15 is 0 Å². The van der Waals surface area contributed by atoms with Crippen molar-refractivity contribution < 1.29 is 18.3 Å². The predicted octanol–water partition coefficient (Wildman–Crippen LogP) is 1.12. The third-order valence-corrected chi connectivity index (χ3v) is 1.28. The molecular formula is C6H6F2O2. The Bertz CT molecular complexity index is 161. The van der Waals surface area contributed by atoms with Crippen LogP contribution in [0.3, 0.4) is 0 Å². The summed E-state index contributed by atoms with van der Waals surface area (Å²) >= 11 is 0. The summed E-state index contributed by atoms with van der Waals surface area (Å²) in [6, 6.07) is 0. The molecule has 1 aliphatic rings. The van der Waals surface area contributed by atoms with Crippen molar-refractivity contribution in [2.24, 2.45) is 0 Å². The number of alkyl halides is 2. The van der Waals surface area contributed by atoms with Crippen LogP contribution in [0.4, 0.5) is 8.78 Å². The lowest BCUT2D eigenvalue weighted by Crippen LogP contribution is -2.16. The predicted molar refractivity (Wildman–Crippen MR) is 29.6 cm³/mol. The van der Waals surface area contributed by atoms with Crippen LogP contribution in [0.25, 0.3) is 0 Å². The number of carbonyl (C=O) groups is 1. The zero-order valence-electron chi connectivity index (χ0n) is 5.14. The van der Waals surface area contributed by atoms with E-state index < -0.39 is 18.5 Å². The van der Waals surface area contributed by atoms with Crippen molar-refractivity contribution in [3.63, 3.8) is 0 Å². The molecule has 0 saturated carbocycles. The van der Waals surface area contributed by atoms with Crippen molar-refractivity contribution in [1.82, 2.24) is 0 Å². The molecule has 0 aromatic rings. The number of cyclic esters (lactones) is 1. The lowest BCUT2D eigenvalue weighted by Gasteiger charge is -2.04. The van der Waals surface area contributed by atoms with Gasteiger partial charge in [0.15, 0.2) is 6.10 Å². The molecule has 2 nitrogen and oxygen atoms in total. The molecule has 1 aliphatic heterocycles. The van der Waals surface area contributed by atoms with Crippen LogP contribution in [-0.4, -0.2) is 18.5 Å². The maximum atomic E-state index is 11.8. The largest absolute Gasteiger partial charge is 0.453 e. The fraction of sp³-hybridized carbons (Fsp3) is 0.500. The van der Waals surface area contributed by atoms with Crippen molar-refractivity contribution in [3.8, 4) is 0 Å². The first kappa shape index (κ1) is 7.18. The van der Waals surface area contributed by atoms with E-state index in [1.165, 1.54) is 0 Å². The Morgan fingerprint density at radius 3 is 2.50 bits per heavy atom. The van der Waals surface area contributed by atoms with Gasteiger partial charge < -0.3 is 4.74 Å². The highest BCUT2D eigenvalue weighted by Gasteiger charge is 2.33. The smallest absolute Gasteiger partial charge is 0.334 e. The van der Waals surface area contributed by atoms with Crippen LogP contribution in [-0.2, 0) is 9.53 Å². The van der Waals surface area contributed by atoms with Gasteiger partial charge in [-0.3, -0.25) is 0 Å². The highest BCUT2D eigenvalue weighted by Crippen LogP contribution is 2.23. The summed E-state index contributed by atoms with van der Waals surface area (Å²) in [6.07, 6.45) is -3.90. The second-order valence-corrected chi connectivity index (χ2v) is 2.09. The van der Waals surface area contributed by atoms with E-state index in [-0.39, 0.29) is 12.0 Å². The average Bonchev–Trinajstić information content (AvgIpc) is 2.13. The molecule has 0 aromatic carbocycles. The van der Waals surface area contributed by atoms with Gasteiger partial charge in [-0.05, 0) is 0 Å². The molecule has 1 atom stereocenters. The summed E-state index contributed by atoms with van der Waals surface area (Å²) in [7, 11) is 0. The molecule has 0 N–H and O–H groups in total. The van der Waals surface area contributed by atoms with Gasteiger partial charge in [0.1, 0.15) is 0 Å². The number of rotatable bonds is 1. The highest BCUT2D eigenvalue weighted by atomic mass is 19.3. The Hall–Kier alpha value is -0.930. The van der Waals surface area contributed by atoms with Crippen LogP contribution in [0, 0.1) is 0 Å². The number of hydrogen-bond donors (Lipinski definition) is 0. The molecule has 0 bridgehead atoms. The van der Waals surface area contributed by atoms with E-state index in [1.54, 1.807) is 0 Å². The lowest BCUT2D eigenvalue weighted by molar-refractivity contribution is -0.144. The van der Waals surface area contributed by atoms with Crippen molar-refractivity contribution in [3.05, 3.63) is 12.2 Å². The summed E-state index contributed by atoms with van der Waals surface area (Å²) in [5, 5.41) is 0. The number of carbonyl (C=O) groups excluding carboxylic acids is 1. The maximum Gasteiger partial charge on any atom is 0.334 e. The van der Waals surface area contributed by atoms with Gasteiger partial charge in [-0.25, -0.2) is 13.6 Å². The van der Waals surface area contributed by atoms with Gasteiger partial charge in [0, 0.05) is 12.0 Å². The minimum atomic E-state index is -2.59. The first-order valence-electron chi connectivity index (χ1n) is 2.78. The molecule has 0 spiro atoms. The first-order chi connectivity index (χ1) is 4.61. The Kier molecular flexibility index (Phi) is 1.70. The molecule has 4 heteroatoms. The second-order valence-electron chi connectivity index (χ2n) is 2.09. The molecule has 0 aliphatic carbocycles.